The average molecular weight is 470 g/mol. The predicted molar refractivity (Wildman–Crippen MR) is 134 cm³/mol. The first-order valence-corrected chi connectivity index (χ1v) is 12.3. The number of hydrogen-bond donors (Lipinski definition) is 1. The molecule has 7 nitrogen and oxygen atoms in total. The molecule has 0 aliphatic carbocycles. The third-order valence-corrected chi connectivity index (χ3v) is 8.78. The monoisotopic (exact) mass is 470 g/mol. The first-order chi connectivity index (χ1) is 16.6. The lowest BCUT2D eigenvalue weighted by atomic mass is 10.4. The molecular weight excluding hydrogens is 447 g/mol. The van der Waals surface area contributed by atoms with E-state index in [0.717, 1.165) is 15.9 Å². The van der Waals surface area contributed by atoms with Crippen LogP contribution in [-0.2, 0) is 9.53 Å². The van der Waals surface area contributed by atoms with E-state index in [1.54, 1.807) is 0 Å². The number of rotatable bonds is 7. The number of benzene rings is 3. The molecule has 0 unspecified atom stereocenters. The first kappa shape index (κ1) is 23.1. The molecule has 0 aliphatic heterocycles. The van der Waals surface area contributed by atoms with Gasteiger partial charge >= 0.3 is 5.97 Å². The van der Waals surface area contributed by atoms with Gasteiger partial charge in [0.1, 0.15) is 6.54 Å². The Morgan fingerprint density at radius 3 is 1.74 bits per heavy atom. The Hall–Kier alpha value is -4.09. The second-order valence-corrected chi connectivity index (χ2v) is 10.2. The fourth-order valence-electron chi connectivity index (χ4n) is 3.57. The van der Waals surface area contributed by atoms with Crippen molar-refractivity contribution in [2.75, 3.05) is 13.7 Å². The van der Waals surface area contributed by atoms with Gasteiger partial charge in [0.15, 0.2) is 11.5 Å². The van der Waals surface area contributed by atoms with Crippen LogP contribution in [0.4, 0.5) is 5.82 Å². The standard InChI is InChI=1S/C26H23N4O3P/c1-33-23(31)19-29-26(32)24-25(28-18-17-27-24)30-34(20-11-5-2-6-12-20,21-13-7-3-8-14-21)22-15-9-4-10-16-22/h2-18H,19H2,1H3,(H,29,32). The van der Waals surface area contributed by atoms with E-state index in [9.17, 15) is 9.59 Å². The number of methoxy groups -OCH3 is 1. The molecule has 0 atom stereocenters. The molecule has 34 heavy (non-hydrogen) atoms. The van der Waals surface area contributed by atoms with Crippen LogP contribution in [0.3, 0.4) is 0 Å². The van der Waals surface area contributed by atoms with Crippen LogP contribution in [0.2, 0.25) is 0 Å². The maximum Gasteiger partial charge on any atom is 0.325 e. The normalized spacial score (nSPS) is 10.9. The first-order valence-electron chi connectivity index (χ1n) is 10.6. The Morgan fingerprint density at radius 2 is 1.26 bits per heavy atom. The van der Waals surface area contributed by atoms with E-state index in [0.29, 0.717) is 0 Å². The van der Waals surface area contributed by atoms with Crippen LogP contribution in [0.5, 0.6) is 0 Å². The predicted octanol–water partition coefficient (Wildman–Crippen LogP) is 3.19. The summed E-state index contributed by atoms with van der Waals surface area (Å²) in [6, 6.07) is 30.0. The van der Waals surface area contributed by atoms with E-state index in [1.807, 2.05) is 91.0 Å². The second-order valence-electron chi connectivity index (χ2n) is 7.23. The molecule has 1 amide bonds. The summed E-state index contributed by atoms with van der Waals surface area (Å²) >= 11 is 0. The molecule has 0 spiro atoms. The summed E-state index contributed by atoms with van der Waals surface area (Å²) in [7, 11) is -1.37. The highest BCUT2D eigenvalue weighted by atomic mass is 31.2. The lowest BCUT2D eigenvalue weighted by Gasteiger charge is -2.26. The lowest BCUT2D eigenvalue weighted by molar-refractivity contribution is -0.139. The maximum atomic E-state index is 12.9. The van der Waals surface area contributed by atoms with Crippen LogP contribution in [0.25, 0.3) is 0 Å². The minimum Gasteiger partial charge on any atom is -0.468 e. The molecule has 170 valence electrons. The van der Waals surface area contributed by atoms with E-state index < -0.39 is 18.9 Å². The van der Waals surface area contributed by atoms with Gasteiger partial charge in [-0.3, -0.25) is 9.59 Å². The third kappa shape index (κ3) is 4.80. The van der Waals surface area contributed by atoms with Gasteiger partial charge in [-0.15, -0.1) is 0 Å². The van der Waals surface area contributed by atoms with Crippen molar-refractivity contribution in [3.63, 3.8) is 0 Å². The zero-order valence-corrected chi connectivity index (χ0v) is 19.4. The smallest absolute Gasteiger partial charge is 0.325 e. The van der Waals surface area contributed by atoms with Gasteiger partial charge in [0, 0.05) is 28.3 Å². The van der Waals surface area contributed by atoms with Crippen LogP contribution in [0.1, 0.15) is 10.5 Å². The van der Waals surface area contributed by atoms with Gasteiger partial charge in [-0.2, -0.15) is 0 Å². The summed E-state index contributed by atoms with van der Waals surface area (Å²) in [5, 5.41) is 5.57. The summed E-state index contributed by atoms with van der Waals surface area (Å²) in [5.74, 6) is -0.908. The summed E-state index contributed by atoms with van der Waals surface area (Å²) in [6.45, 7) is -0.276. The molecule has 0 aliphatic rings. The van der Waals surface area contributed by atoms with Crippen molar-refractivity contribution in [1.82, 2.24) is 15.3 Å². The van der Waals surface area contributed by atoms with Crippen LogP contribution in [-0.4, -0.2) is 35.5 Å². The number of hydrogen-bond acceptors (Lipinski definition) is 6. The van der Waals surface area contributed by atoms with Crippen molar-refractivity contribution in [1.29, 1.82) is 0 Å². The SMILES string of the molecule is COC(=O)CNC(=O)c1nccnc1N=P(c1ccccc1)(c1ccccc1)c1ccccc1. The van der Waals surface area contributed by atoms with Crippen molar-refractivity contribution in [3.05, 3.63) is 109 Å². The Balaban J connectivity index is 1.99. The maximum absolute atomic E-state index is 12.9. The fourth-order valence-corrected chi connectivity index (χ4v) is 7.05. The quantitative estimate of drug-likeness (QED) is 0.331. The molecular formula is C26H23N4O3P. The lowest BCUT2D eigenvalue weighted by Crippen LogP contribution is -2.31. The fraction of sp³-hybridized carbons (Fsp3) is 0.0769. The number of carbonyl (C=O) groups excluding carboxylic acids is 2. The number of aromatic nitrogens is 2. The molecule has 4 rings (SSSR count). The van der Waals surface area contributed by atoms with E-state index in [4.69, 9.17) is 4.74 Å². The molecule has 8 heteroatoms. The second kappa shape index (κ2) is 10.7. The molecule has 0 bridgehead atoms. The van der Waals surface area contributed by atoms with Gasteiger partial charge in [0.05, 0.1) is 14.2 Å². The highest BCUT2D eigenvalue weighted by Crippen LogP contribution is 2.49. The van der Waals surface area contributed by atoms with Crippen LogP contribution >= 0.6 is 7.05 Å². The zero-order valence-electron chi connectivity index (χ0n) is 18.5. The molecule has 0 fully saturated rings. The number of ether oxygens (including phenoxy) is 1. The Kier molecular flexibility index (Phi) is 7.25. The van der Waals surface area contributed by atoms with Crippen molar-refractivity contribution in [2.45, 2.75) is 0 Å². The van der Waals surface area contributed by atoms with Crippen molar-refractivity contribution >= 4 is 40.7 Å². The molecule has 3 aromatic carbocycles. The molecule has 4 aromatic rings. The average Bonchev–Trinajstić information content (AvgIpc) is 2.92. The summed E-state index contributed by atoms with van der Waals surface area (Å²) in [5.41, 5.74) is 0.0403. The van der Waals surface area contributed by atoms with E-state index in [2.05, 4.69) is 20.0 Å². The summed E-state index contributed by atoms with van der Waals surface area (Å²) < 4.78 is 9.84. The Bertz CT molecular complexity index is 1230. The topological polar surface area (TPSA) is 93.5 Å². The van der Waals surface area contributed by atoms with Gasteiger partial charge in [-0.1, -0.05) is 91.0 Å². The molecule has 1 aromatic heterocycles. The molecule has 0 saturated heterocycles. The van der Waals surface area contributed by atoms with E-state index >= 15 is 0 Å². The number of amides is 1. The van der Waals surface area contributed by atoms with Gasteiger partial charge in [-0.25, -0.2) is 14.7 Å². The third-order valence-electron chi connectivity index (χ3n) is 5.15. The van der Waals surface area contributed by atoms with Crippen LogP contribution in [0, 0.1) is 0 Å². The molecule has 1 N–H and O–H groups in total. The van der Waals surface area contributed by atoms with Gasteiger partial charge in [0.2, 0.25) is 0 Å². The Labute approximate surface area is 197 Å². The zero-order chi connectivity index (χ0) is 23.8. The Morgan fingerprint density at radius 1 is 0.794 bits per heavy atom. The minimum atomic E-state index is -2.63. The van der Waals surface area contributed by atoms with Gasteiger partial charge < -0.3 is 10.1 Å². The van der Waals surface area contributed by atoms with E-state index in [-0.39, 0.29) is 18.1 Å². The molecule has 1 heterocycles. The molecule has 0 saturated carbocycles. The van der Waals surface area contributed by atoms with Crippen LogP contribution < -0.4 is 21.2 Å². The van der Waals surface area contributed by atoms with Crippen LogP contribution in [0.15, 0.2) is 108 Å². The largest absolute Gasteiger partial charge is 0.468 e. The van der Waals surface area contributed by atoms with Crippen molar-refractivity contribution in [3.8, 4) is 0 Å². The van der Waals surface area contributed by atoms with E-state index in [1.165, 1.54) is 19.5 Å². The minimum absolute atomic E-state index is 0.0403. The van der Waals surface area contributed by atoms with Gasteiger partial charge in [-0.05, 0) is 0 Å². The number of nitrogens with one attached hydrogen (secondary N) is 1. The summed E-state index contributed by atoms with van der Waals surface area (Å²) in [4.78, 5) is 33.1. The number of nitrogens with zero attached hydrogens (tertiary/aromatic N) is 3. The number of esters is 1. The van der Waals surface area contributed by atoms with Crippen molar-refractivity contribution in [2.24, 2.45) is 4.74 Å². The number of carbonyl (C=O) groups is 2. The molecule has 0 radical (unpaired) electrons. The van der Waals surface area contributed by atoms with Gasteiger partial charge in [0.25, 0.3) is 5.91 Å². The summed E-state index contributed by atoms with van der Waals surface area (Å²) in [6.07, 6.45) is 2.94. The highest BCUT2D eigenvalue weighted by Gasteiger charge is 2.29. The van der Waals surface area contributed by atoms with Crippen molar-refractivity contribution < 1.29 is 14.3 Å². The highest BCUT2D eigenvalue weighted by molar-refractivity contribution is 7.87.